The van der Waals surface area contributed by atoms with E-state index in [4.69, 9.17) is 0 Å². The molecule has 0 aliphatic carbocycles. The van der Waals surface area contributed by atoms with Gasteiger partial charge in [-0.1, -0.05) is 51.1 Å². The Morgan fingerprint density at radius 3 is 2.08 bits per heavy atom. The smallest absolute Gasteiger partial charge is 0.251 e. The second kappa shape index (κ2) is 7.80. The zero-order valence-electron chi connectivity index (χ0n) is 14.7. The number of benzene rings is 2. The maximum atomic E-state index is 12.1. The molecule has 1 amide bonds. The topological polar surface area (TPSA) is 75.3 Å². The van der Waals surface area contributed by atoms with Crippen LogP contribution in [0.5, 0.6) is 0 Å². The molecule has 0 unspecified atom stereocenters. The van der Waals surface area contributed by atoms with Gasteiger partial charge in [0, 0.05) is 18.7 Å². The second-order valence-corrected chi connectivity index (χ2v) is 8.56. The molecule has 0 aliphatic heterocycles. The van der Waals surface area contributed by atoms with Crippen molar-refractivity contribution >= 4 is 15.9 Å². The summed E-state index contributed by atoms with van der Waals surface area (Å²) < 4.78 is 26.6. The number of hydrogen-bond acceptors (Lipinski definition) is 3. The number of carbonyl (C=O) groups is 1. The molecule has 0 saturated carbocycles. The minimum absolute atomic E-state index is 0.0325. The van der Waals surface area contributed by atoms with E-state index in [1.54, 1.807) is 30.3 Å². The molecule has 25 heavy (non-hydrogen) atoms. The average Bonchev–Trinajstić information content (AvgIpc) is 2.59. The lowest BCUT2D eigenvalue weighted by molar-refractivity contribution is 0.0954. The number of nitrogens with one attached hydrogen (secondary N) is 2. The predicted octanol–water partition coefficient (Wildman–Crippen LogP) is 2.69. The molecule has 2 rings (SSSR count). The van der Waals surface area contributed by atoms with Crippen LogP contribution in [-0.2, 0) is 15.4 Å². The van der Waals surface area contributed by atoms with E-state index < -0.39 is 10.0 Å². The molecule has 0 bridgehead atoms. The molecule has 0 fully saturated rings. The first-order chi connectivity index (χ1) is 11.7. The molecule has 2 aromatic carbocycles. The number of sulfonamides is 1. The lowest BCUT2D eigenvalue weighted by Crippen LogP contribution is -2.34. The fourth-order valence-corrected chi connectivity index (χ4v) is 3.32. The van der Waals surface area contributed by atoms with Gasteiger partial charge >= 0.3 is 0 Å². The van der Waals surface area contributed by atoms with Gasteiger partial charge in [0.2, 0.25) is 10.0 Å². The SMILES string of the molecule is CC(C)(C)c1ccc(C(=O)NCCNS(=O)(=O)c2ccccc2)cc1. The van der Waals surface area contributed by atoms with Crippen molar-refractivity contribution in [2.24, 2.45) is 0 Å². The van der Waals surface area contributed by atoms with Crippen LogP contribution in [0.15, 0.2) is 59.5 Å². The quantitative estimate of drug-likeness (QED) is 0.778. The van der Waals surface area contributed by atoms with Gasteiger partial charge in [-0.25, -0.2) is 13.1 Å². The summed E-state index contributed by atoms with van der Waals surface area (Å²) in [7, 11) is -3.55. The van der Waals surface area contributed by atoms with Crippen molar-refractivity contribution < 1.29 is 13.2 Å². The highest BCUT2D eigenvalue weighted by atomic mass is 32.2. The highest BCUT2D eigenvalue weighted by Gasteiger charge is 2.15. The Bertz CT molecular complexity index is 808. The second-order valence-electron chi connectivity index (χ2n) is 6.79. The van der Waals surface area contributed by atoms with Crippen molar-refractivity contribution in [3.63, 3.8) is 0 Å². The third kappa shape index (κ3) is 5.41. The van der Waals surface area contributed by atoms with Gasteiger partial charge in [-0.2, -0.15) is 0 Å². The van der Waals surface area contributed by atoms with Crippen molar-refractivity contribution in [2.75, 3.05) is 13.1 Å². The highest BCUT2D eigenvalue weighted by molar-refractivity contribution is 7.89. The molecular formula is C19H24N2O3S. The monoisotopic (exact) mass is 360 g/mol. The largest absolute Gasteiger partial charge is 0.351 e. The van der Waals surface area contributed by atoms with E-state index in [2.05, 4.69) is 30.8 Å². The van der Waals surface area contributed by atoms with Crippen LogP contribution in [0.3, 0.4) is 0 Å². The Hall–Kier alpha value is -2.18. The third-order valence-corrected chi connectivity index (χ3v) is 5.25. The molecule has 0 radical (unpaired) electrons. The maximum Gasteiger partial charge on any atom is 0.251 e. The number of carbonyl (C=O) groups excluding carboxylic acids is 1. The molecule has 0 saturated heterocycles. The van der Waals surface area contributed by atoms with Crippen LogP contribution >= 0.6 is 0 Å². The molecular weight excluding hydrogens is 336 g/mol. The van der Waals surface area contributed by atoms with Crippen molar-refractivity contribution in [1.82, 2.24) is 10.0 Å². The van der Waals surface area contributed by atoms with Crippen LogP contribution in [0.25, 0.3) is 0 Å². The fourth-order valence-electron chi connectivity index (χ4n) is 2.27. The van der Waals surface area contributed by atoms with Crippen LogP contribution in [-0.4, -0.2) is 27.4 Å². The Morgan fingerprint density at radius 1 is 0.920 bits per heavy atom. The lowest BCUT2D eigenvalue weighted by atomic mass is 9.87. The van der Waals surface area contributed by atoms with Gasteiger partial charge in [0.05, 0.1) is 4.90 Å². The molecule has 0 spiro atoms. The van der Waals surface area contributed by atoms with E-state index in [1.807, 2.05) is 12.1 Å². The van der Waals surface area contributed by atoms with Gasteiger partial charge in [0.15, 0.2) is 0 Å². The lowest BCUT2D eigenvalue weighted by Gasteiger charge is -2.19. The molecule has 0 aromatic heterocycles. The van der Waals surface area contributed by atoms with Crippen LogP contribution in [0.2, 0.25) is 0 Å². The summed E-state index contributed by atoms with van der Waals surface area (Å²) in [5.41, 5.74) is 1.74. The fraction of sp³-hybridized carbons (Fsp3) is 0.316. The Balaban J connectivity index is 1.85. The van der Waals surface area contributed by atoms with E-state index in [0.717, 1.165) is 5.56 Å². The third-order valence-electron chi connectivity index (χ3n) is 3.77. The van der Waals surface area contributed by atoms with E-state index >= 15 is 0 Å². The summed E-state index contributed by atoms with van der Waals surface area (Å²) in [6, 6.07) is 15.6. The summed E-state index contributed by atoms with van der Waals surface area (Å²) in [4.78, 5) is 12.3. The van der Waals surface area contributed by atoms with Gasteiger partial charge in [-0.3, -0.25) is 4.79 Å². The zero-order chi connectivity index (χ0) is 18.5. The molecule has 2 N–H and O–H groups in total. The number of rotatable bonds is 6. The molecule has 5 nitrogen and oxygen atoms in total. The number of amides is 1. The minimum Gasteiger partial charge on any atom is -0.351 e. The number of hydrogen-bond donors (Lipinski definition) is 2. The first-order valence-corrected chi connectivity index (χ1v) is 9.62. The van der Waals surface area contributed by atoms with Crippen LogP contribution in [0.4, 0.5) is 0 Å². The average molecular weight is 360 g/mol. The Labute approximate surface area is 149 Å². The summed E-state index contributed by atoms with van der Waals surface area (Å²) >= 11 is 0. The van der Waals surface area contributed by atoms with Crippen molar-refractivity contribution in [3.05, 3.63) is 65.7 Å². The summed E-state index contributed by atoms with van der Waals surface area (Å²) in [5.74, 6) is -0.223. The molecule has 134 valence electrons. The highest BCUT2D eigenvalue weighted by Crippen LogP contribution is 2.22. The van der Waals surface area contributed by atoms with Gasteiger partial charge in [0.25, 0.3) is 5.91 Å². The van der Waals surface area contributed by atoms with Crippen molar-refractivity contribution in [1.29, 1.82) is 0 Å². The van der Waals surface area contributed by atoms with Gasteiger partial charge in [-0.15, -0.1) is 0 Å². The zero-order valence-corrected chi connectivity index (χ0v) is 15.6. The molecule has 0 heterocycles. The normalized spacial score (nSPS) is 12.0. The molecule has 0 atom stereocenters. The van der Waals surface area contributed by atoms with Gasteiger partial charge < -0.3 is 5.32 Å². The van der Waals surface area contributed by atoms with Crippen LogP contribution < -0.4 is 10.0 Å². The summed E-state index contributed by atoms with van der Waals surface area (Å²) in [5, 5.41) is 2.72. The molecule has 2 aromatic rings. The molecule has 6 heteroatoms. The first-order valence-electron chi connectivity index (χ1n) is 8.13. The Kier molecular flexibility index (Phi) is 5.98. The molecule has 0 aliphatic rings. The van der Waals surface area contributed by atoms with Crippen LogP contribution in [0, 0.1) is 0 Å². The summed E-state index contributed by atoms with van der Waals surface area (Å²) in [6.07, 6.45) is 0. The predicted molar refractivity (Wildman–Crippen MR) is 99.1 cm³/mol. The Morgan fingerprint density at radius 2 is 1.52 bits per heavy atom. The van der Waals surface area contributed by atoms with E-state index in [1.165, 1.54) is 12.1 Å². The van der Waals surface area contributed by atoms with E-state index in [-0.39, 0.29) is 29.3 Å². The van der Waals surface area contributed by atoms with Crippen molar-refractivity contribution in [2.45, 2.75) is 31.1 Å². The maximum absolute atomic E-state index is 12.1. The van der Waals surface area contributed by atoms with E-state index in [0.29, 0.717) is 5.56 Å². The van der Waals surface area contributed by atoms with Gasteiger partial charge in [0.1, 0.15) is 0 Å². The van der Waals surface area contributed by atoms with Gasteiger partial charge in [-0.05, 0) is 35.2 Å². The van der Waals surface area contributed by atoms with Crippen LogP contribution in [0.1, 0.15) is 36.7 Å². The minimum atomic E-state index is -3.55. The summed E-state index contributed by atoms with van der Waals surface area (Å²) in [6.45, 7) is 6.68. The first kappa shape index (κ1) is 19.1. The standard InChI is InChI=1S/C19H24N2O3S/c1-19(2,3)16-11-9-15(10-12-16)18(22)20-13-14-21-25(23,24)17-7-5-4-6-8-17/h4-12,21H,13-14H2,1-3H3,(H,20,22). The van der Waals surface area contributed by atoms with Crippen molar-refractivity contribution in [3.8, 4) is 0 Å². The van der Waals surface area contributed by atoms with E-state index in [9.17, 15) is 13.2 Å².